The number of hydrogen-bond donors (Lipinski definition) is 5. The van der Waals surface area contributed by atoms with Crippen molar-refractivity contribution >= 4 is 76.6 Å². The maximum absolute atomic E-state index is 14.3. The number of rotatable bonds is 47. The molecule has 108 heavy (non-hydrogen) atoms. The third-order valence-corrected chi connectivity index (χ3v) is 18.3. The number of fused-ring (bicyclic) bond motifs is 4. The number of ether oxygens (including phenoxy) is 13. The van der Waals surface area contributed by atoms with Crippen LogP contribution in [0.5, 0.6) is 23.0 Å². The molecule has 5 N–H and O–H groups in total. The van der Waals surface area contributed by atoms with Gasteiger partial charge in [-0.05, 0) is 61.4 Å². The van der Waals surface area contributed by atoms with Gasteiger partial charge >= 0.3 is 6.09 Å². The molecule has 32 nitrogen and oxygen atoms in total. The number of carbonyl (C=O) groups is 9. The first-order valence-corrected chi connectivity index (χ1v) is 36.6. The van der Waals surface area contributed by atoms with Gasteiger partial charge in [0, 0.05) is 81.8 Å². The number of amides is 9. The topological polar surface area (TPSA) is 367 Å². The number of methoxy groups -OCH3 is 2. The van der Waals surface area contributed by atoms with E-state index in [1.165, 1.54) is 43.1 Å². The molecule has 0 radical (unpaired) electrons. The van der Waals surface area contributed by atoms with Crippen molar-refractivity contribution in [1.29, 1.82) is 0 Å². The minimum atomic E-state index is -1.56. The van der Waals surface area contributed by atoms with Crippen molar-refractivity contribution in [2.45, 2.75) is 110 Å². The number of benzene rings is 3. The fourth-order valence-corrected chi connectivity index (χ4v) is 12.3. The molecule has 6 atom stereocenters. The van der Waals surface area contributed by atoms with Crippen LogP contribution in [0.25, 0.3) is 0 Å². The Bertz CT molecular complexity index is 3610. The van der Waals surface area contributed by atoms with E-state index in [9.17, 15) is 48.3 Å². The highest BCUT2D eigenvalue weighted by Crippen LogP contribution is 2.43. The predicted octanol–water partition coefficient (Wildman–Crippen LogP) is 4.93. The second-order valence-electron chi connectivity index (χ2n) is 27.0. The summed E-state index contributed by atoms with van der Waals surface area (Å²) in [5.41, 5.74) is 3.47. The monoisotopic (exact) mass is 1510 g/mol. The summed E-state index contributed by atoms with van der Waals surface area (Å²) >= 11 is 0. The van der Waals surface area contributed by atoms with Gasteiger partial charge in [-0.2, -0.15) is 0 Å². The number of aliphatic hydroxyl groups is 1. The second kappa shape index (κ2) is 43.2. The number of aliphatic hydroxyl groups excluding tert-OH is 1. The van der Waals surface area contributed by atoms with E-state index in [0.29, 0.717) is 151 Å². The molecule has 592 valence electrons. The summed E-state index contributed by atoms with van der Waals surface area (Å²) in [7, 11) is 2.90. The molecule has 32 heteroatoms. The Hall–Kier alpha value is -9.12. The van der Waals surface area contributed by atoms with Crippen molar-refractivity contribution in [3.63, 3.8) is 0 Å². The Morgan fingerprint density at radius 2 is 1.13 bits per heavy atom. The van der Waals surface area contributed by atoms with Crippen molar-refractivity contribution in [2.24, 2.45) is 22.7 Å². The van der Waals surface area contributed by atoms with Gasteiger partial charge in [-0.1, -0.05) is 64.1 Å². The molecule has 0 bridgehead atoms. The number of nitrogens with zero attached hydrogens (tertiary/aromatic N) is 5. The molecule has 0 spiro atoms. The van der Waals surface area contributed by atoms with Gasteiger partial charge in [0.1, 0.15) is 18.7 Å². The molecule has 3 saturated heterocycles. The van der Waals surface area contributed by atoms with E-state index >= 15 is 0 Å². The van der Waals surface area contributed by atoms with Crippen LogP contribution in [-0.4, -0.2) is 269 Å². The predicted molar refractivity (Wildman–Crippen MR) is 393 cm³/mol. The molecule has 3 fully saturated rings. The fourth-order valence-electron chi connectivity index (χ4n) is 12.3. The largest absolute Gasteiger partial charge is 0.493 e. The summed E-state index contributed by atoms with van der Waals surface area (Å²) in [5.74, 6) is -2.27. The molecule has 0 aliphatic carbocycles. The lowest BCUT2D eigenvalue weighted by Crippen LogP contribution is -2.53. The van der Waals surface area contributed by atoms with Crippen molar-refractivity contribution in [3.05, 3.63) is 89.5 Å². The maximum Gasteiger partial charge on any atom is 0.416 e. The van der Waals surface area contributed by atoms with Crippen LogP contribution in [0, 0.1) is 17.8 Å². The SMILES string of the molecule is C=C1C[C@H]2C=Nc3cc(OCCCOc4cc5c(cc4OC)C(=O)N4CC(=C)C[C@H]4[C@H](O)N5C(=O)OCc4ccc(NC(=O)[C@H](C)NC(=O)[C@@H](NC(=O)CCOCCOCCOCCOCCOCCOCCOCCOCCNC(=O)CCN5C(=O)CC(C(C)C)C5=O)C(C)C)cc4)c(OC)cc3C(=O)N2C1. The highest BCUT2D eigenvalue weighted by molar-refractivity contribution is 6.07. The first kappa shape index (κ1) is 84.5. The summed E-state index contributed by atoms with van der Waals surface area (Å²) < 4.78 is 73.6. The average molecular weight is 1510 g/mol. The zero-order valence-corrected chi connectivity index (χ0v) is 62.9. The van der Waals surface area contributed by atoms with E-state index in [0.717, 1.165) is 10.5 Å². The summed E-state index contributed by atoms with van der Waals surface area (Å²) in [5, 5.41) is 22.9. The maximum atomic E-state index is 14.3. The average Bonchev–Trinajstić information content (AvgIpc) is 1.59. The summed E-state index contributed by atoms with van der Waals surface area (Å²) in [4.78, 5) is 128. The summed E-state index contributed by atoms with van der Waals surface area (Å²) in [6.45, 7) is 23.4. The van der Waals surface area contributed by atoms with Gasteiger partial charge in [0.25, 0.3) is 11.8 Å². The van der Waals surface area contributed by atoms with Crippen molar-refractivity contribution in [2.75, 3.05) is 170 Å². The van der Waals surface area contributed by atoms with Gasteiger partial charge in [-0.3, -0.25) is 48.2 Å². The molecule has 1 unspecified atom stereocenters. The molecule has 5 aliphatic heterocycles. The Balaban J connectivity index is 0.643. The van der Waals surface area contributed by atoms with Crippen LogP contribution in [0.1, 0.15) is 99.4 Å². The van der Waals surface area contributed by atoms with Crippen LogP contribution >= 0.6 is 0 Å². The Morgan fingerprint density at radius 3 is 1.69 bits per heavy atom. The van der Waals surface area contributed by atoms with Crippen molar-refractivity contribution < 1.29 is 110 Å². The minimum absolute atomic E-state index is 0.0180. The zero-order valence-electron chi connectivity index (χ0n) is 62.9. The van der Waals surface area contributed by atoms with Gasteiger partial charge in [-0.25, -0.2) is 9.69 Å². The molecular weight excluding hydrogens is 1410 g/mol. The lowest BCUT2D eigenvalue weighted by atomic mass is 9.94. The normalized spacial score (nSPS) is 18.0. The van der Waals surface area contributed by atoms with Gasteiger partial charge in [0.2, 0.25) is 35.4 Å². The summed E-state index contributed by atoms with van der Waals surface area (Å²) in [6.07, 6.45) is 0.680. The van der Waals surface area contributed by atoms with Crippen molar-refractivity contribution in [1.82, 2.24) is 30.7 Å². The molecule has 3 aromatic rings. The van der Waals surface area contributed by atoms with E-state index < -0.39 is 54.1 Å². The molecule has 9 amide bonds. The highest BCUT2D eigenvalue weighted by atomic mass is 16.6. The van der Waals surface area contributed by atoms with Gasteiger partial charge in [0.05, 0.1) is 168 Å². The third-order valence-electron chi connectivity index (χ3n) is 18.3. The number of anilines is 2. The van der Waals surface area contributed by atoms with Crippen LogP contribution in [0.15, 0.2) is 77.8 Å². The molecule has 3 aromatic carbocycles. The van der Waals surface area contributed by atoms with E-state index in [1.54, 1.807) is 61.4 Å². The molecule has 8 rings (SSSR count). The van der Waals surface area contributed by atoms with Crippen LogP contribution < -0.4 is 45.1 Å². The highest BCUT2D eigenvalue weighted by Gasteiger charge is 2.47. The van der Waals surface area contributed by atoms with Crippen LogP contribution in [-0.2, 0) is 78.0 Å². The number of likely N-dealkylation sites (tertiary alicyclic amines) is 1. The Morgan fingerprint density at radius 1 is 0.593 bits per heavy atom. The van der Waals surface area contributed by atoms with Gasteiger partial charge in [0.15, 0.2) is 29.2 Å². The number of imide groups is 1. The number of carbonyl (C=O) groups excluding carboxylic acids is 9. The van der Waals surface area contributed by atoms with Crippen LogP contribution in [0.4, 0.5) is 21.9 Å². The van der Waals surface area contributed by atoms with Crippen LogP contribution in [0.3, 0.4) is 0 Å². The second-order valence-corrected chi connectivity index (χ2v) is 27.0. The summed E-state index contributed by atoms with van der Waals surface area (Å²) in [6, 6.07) is 9.65. The smallest absolute Gasteiger partial charge is 0.416 e. The van der Waals surface area contributed by atoms with Gasteiger partial charge < -0.3 is 97.8 Å². The molecular formula is C76H105N9O23. The number of aliphatic imine (C=N–C) groups is 1. The Labute approximate surface area is 629 Å². The van der Waals surface area contributed by atoms with Crippen molar-refractivity contribution in [3.8, 4) is 23.0 Å². The van der Waals surface area contributed by atoms with E-state index in [4.69, 9.17) is 61.6 Å². The molecule has 5 heterocycles. The standard InChI is InChI=1S/C76H105N9O23/c1-48(2)56-41-68(88)82(72(56)91)18-15-66(86)77-17-22-99-24-26-101-28-30-103-32-34-105-36-35-104-33-31-102-29-27-100-25-23-98-21-16-67(87)81-69(49(3)4)71(90)79-52(7)70(89)80-54-13-11-53(12-14-54)47-108-76(95)85-60-43-65(63(97-9)40-58(60)74(93)84-46-51(6)38-61(84)75(85)94)107-20-10-19-106-64-42-59-57(39-62(64)96-8)73(92)83-45-50(5)37-55(83)44-78-59/h11-14,39-40,42-44,48-49,52,55-56,61,69,75,94H,5-6,10,15-38,41,45-47H2,1-4,7-9H3,(H,77,86)(H,79,90)(H,80,89)(H,81,87)/t52-,55-,56?,61-,69-,75-/m0/s1. The minimum Gasteiger partial charge on any atom is -0.493 e. The number of nitrogens with one attached hydrogen (secondary N) is 4. The molecule has 0 saturated carbocycles. The van der Waals surface area contributed by atoms with E-state index in [1.807, 2.05) is 13.8 Å². The quantitative estimate of drug-likeness (QED) is 0.0284. The lowest BCUT2D eigenvalue weighted by Gasteiger charge is -2.31. The Kier molecular flexibility index (Phi) is 33.8. The zero-order chi connectivity index (χ0) is 77.7. The molecule has 5 aliphatic rings. The van der Waals surface area contributed by atoms with Crippen LogP contribution in [0.2, 0.25) is 0 Å². The fraction of sp³-hybridized carbons (Fsp3) is 0.579. The molecule has 0 aromatic heterocycles. The van der Waals surface area contributed by atoms with E-state index in [2.05, 4.69) is 39.4 Å². The number of hydrogen-bond acceptors (Lipinski definition) is 24. The first-order chi connectivity index (χ1) is 52.1. The van der Waals surface area contributed by atoms with Gasteiger partial charge in [-0.15, -0.1) is 0 Å². The first-order valence-electron chi connectivity index (χ1n) is 36.6. The lowest BCUT2D eigenvalue weighted by molar-refractivity contribution is -0.140. The van der Waals surface area contributed by atoms with E-state index in [-0.39, 0.29) is 149 Å². The third kappa shape index (κ3) is 24.7.